The molecule has 13 heavy (non-hydrogen) atoms. The molecule has 0 aromatic rings. The second kappa shape index (κ2) is 4.60. The van der Waals surface area contributed by atoms with Crippen LogP contribution in [0.2, 0.25) is 0 Å². The molecule has 0 heterocycles. The number of amidine groups is 2. The van der Waals surface area contributed by atoms with Crippen molar-refractivity contribution in [2.24, 2.45) is 4.99 Å². The number of alkyl halides is 6. The lowest BCUT2D eigenvalue weighted by atomic mass is 10.6. The van der Waals surface area contributed by atoms with E-state index in [1.165, 1.54) is 0 Å². The molecule has 0 rings (SSSR count). The zero-order valence-electron chi connectivity index (χ0n) is 5.72. The highest BCUT2D eigenvalue weighted by Gasteiger charge is 2.25. The number of rotatable bonds is 0. The lowest BCUT2D eigenvalue weighted by Gasteiger charge is -2.21. The molecule has 0 aliphatic heterocycles. The van der Waals surface area contributed by atoms with Crippen LogP contribution in [0.25, 0.3) is 5.73 Å². The molecule has 76 valence electrons. The third kappa shape index (κ3) is 5.35. The maximum absolute atomic E-state index is 7.07. The molecule has 0 aliphatic carbocycles. The fourth-order valence-electron chi connectivity index (χ4n) is 0.239. The first-order valence-electron chi connectivity index (χ1n) is 2.58. The lowest BCUT2D eigenvalue weighted by molar-refractivity contribution is 1.32. The summed E-state index contributed by atoms with van der Waals surface area (Å²) in [5.41, 5.74) is 7.07. The minimum absolute atomic E-state index is 0.686. The summed E-state index contributed by atoms with van der Waals surface area (Å²) in [7, 11) is 0. The van der Waals surface area contributed by atoms with Crippen molar-refractivity contribution in [3.05, 3.63) is 5.73 Å². The molecule has 0 bridgehead atoms. The highest BCUT2D eigenvalue weighted by Crippen LogP contribution is 2.31. The predicted octanol–water partition coefficient (Wildman–Crippen LogP) is 4.15. The second-order valence-electron chi connectivity index (χ2n) is 1.80. The van der Waals surface area contributed by atoms with E-state index in [-0.39, 0.29) is 0 Å². The summed E-state index contributed by atoms with van der Waals surface area (Å²) >= 11 is 31.6. The van der Waals surface area contributed by atoms with Gasteiger partial charge in [-0.1, -0.05) is 69.6 Å². The van der Waals surface area contributed by atoms with Gasteiger partial charge in [-0.3, -0.25) is 0 Å². The van der Waals surface area contributed by atoms with Crippen molar-refractivity contribution >= 4 is 81.3 Å². The average Bonchev–Trinajstić information content (AvgIpc) is 1.82. The molecule has 0 saturated carbocycles. The molecule has 0 radical (unpaired) electrons. The van der Waals surface area contributed by atoms with Crippen LogP contribution < -0.4 is 0 Å². The quantitative estimate of drug-likeness (QED) is 0.397. The Balaban J connectivity index is 4.70. The van der Waals surface area contributed by atoms with Gasteiger partial charge >= 0.3 is 0 Å². The zero-order valence-corrected chi connectivity index (χ0v) is 10.3. The molecule has 0 fully saturated rings. The van der Waals surface area contributed by atoms with Gasteiger partial charge in [0.25, 0.3) is 0 Å². The Kier molecular flexibility index (Phi) is 4.91. The second-order valence-corrected chi connectivity index (χ2v) is 6.37. The predicted molar refractivity (Wildman–Crippen MR) is 60.1 cm³/mol. The smallest absolute Gasteiger partial charge is 0.228 e. The van der Waals surface area contributed by atoms with Gasteiger partial charge in [-0.25, -0.2) is 0 Å². The first-order chi connectivity index (χ1) is 5.55. The van der Waals surface area contributed by atoms with Gasteiger partial charge in [-0.2, -0.15) is 0 Å². The molecule has 0 aromatic heterocycles. The van der Waals surface area contributed by atoms with Crippen LogP contribution >= 0.6 is 69.6 Å². The van der Waals surface area contributed by atoms with Crippen LogP contribution in [0.3, 0.4) is 0 Å². The van der Waals surface area contributed by atoms with Crippen LogP contribution in [0.5, 0.6) is 0 Å². The van der Waals surface area contributed by atoms with E-state index in [0.29, 0.717) is 0 Å². The fraction of sp³-hybridized carbons (Fsp3) is 0.500. The molecular formula is C4H2Cl6N3-. The zero-order chi connectivity index (χ0) is 10.9. The van der Waals surface area contributed by atoms with Gasteiger partial charge in [0.1, 0.15) is 0 Å². The van der Waals surface area contributed by atoms with Gasteiger partial charge in [0, 0.05) is 0 Å². The maximum Gasteiger partial charge on any atom is 0.228 e. The molecule has 3 nitrogen and oxygen atoms in total. The van der Waals surface area contributed by atoms with Crippen molar-refractivity contribution in [2.45, 2.75) is 7.59 Å². The Morgan fingerprint density at radius 1 is 1.00 bits per heavy atom. The van der Waals surface area contributed by atoms with Crippen molar-refractivity contribution in [2.75, 3.05) is 0 Å². The summed E-state index contributed by atoms with van der Waals surface area (Å²) in [6.07, 6.45) is 0. The van der Waals surface area contributed by atoms with Crippen LogP contribution in [-0.2, 0) is 0 Å². The summed E-state index contributed by atoms with van der Waals surface area (Å²) < 4.78 is -4.05. The van der Waals surface area contributed by atoms with Gasteiger partial charge in [0.15, 0.2) is 0 Å². The lowest BCUT2D eigenvalue weighted by Crippen LogP contribution is -2.21. The summed E-state index contributed by atoms with van der Waals surface area (Å²) in [4.78, 5) is 3.19. The topological polar surface area (TPSA) is 60.0 Å². The Labute approximate surface area is 105 Å². The van der Waals surface area contributed by atoms with Crippen molar-refractivity contribution in [1.82, 2.24) is 0 Å². The average molecular weight is 305 g/mol. The Hall–Kier alpha value is 0.880. The van der Waals surface area contributed by atoms with Crippen LogP contribution in [0.15, 0.2) is 4.99 Å². The van der Waals surface area contributed by atoms with Gasteiger partial charge in [0.05, 0.1) is 5.84 Å². The van der Waals surface area contributed by atoms with E-state index in [2.05, 4.69) is 4.99 Å². The van der Waals surface area contributed by atoms with Crippen molar-refractivity contribution in [3.8, 4) is 0 Å². The number of halogens is 6. The molecule has 0 atom stereocenters. The number of aliphatic imine (C=N–C) groups is 1. The minimum atomic E-state index is -2.03. The molecule has 2 N–H and O–H groups in total. The molecule has 0 amide bonds. The van der Waals surface area contributed by atoms with E-state index < -0.39 is 19.3 Å². The minimum Gasteiger partial charge on any atom is -0.482 e. The SMILES string of the molecule is N=C(N=C([NH-])C(Cl)(Cl)Cl)C(Cl)(Cl)Cl. The summed E-state index contributed by atoms with van der Waals surface area (Å²) in [6.45, 7) is 0. The maximum atomic E-state index is 7.07. The van der Waals surface area contributed by atoms with Crippen molar-refractivity contribution in [1.29, 1.82) is 5.41 Å². The molecule has 0 aromatic carbocycles. The summed E-state index contributed by atoms with van der Waals surface area (Å²) in [6, 6.07) is 0. The third-order valence-corrected chi connectivity index (χ3v) is 1.83. The first-order valence-corrected chi connectivity index (χ1v) is 4.85. The molecule has 9 heteroatoms. The van der Waals surface area contributed by atoms with E-state index in [4.69, 9.17) is 80.7 Å². The Morgan fingerprint density at radius 3 is 1.62 bits per heavy atom. The summed E-state index contributed by atoms with van der Waals surface area (Å²) in [5, 5.41) is 7.07. The fourth-order valence-corrected chi connectivity index (χ4v) is 0.492. The number of hydrogen-bond acceptors (Lipinski definition) is 1. The summed E-state index contributed by atoms with van der Waals surface area (Å²) in [5.74, 6) is -1.37. The van der Waals surface area contributed by atoms with Crippen LogP contribution in [0, 0.1) is 5.41 Å². The van der Waals surface area contributed by atoms with E-state index >= 15 is 0 Å². The Bertz CT molecular complexity index is 235. The van der Waals surface area contributed by atoms with E-state index in [9.17, 15) is 0 Å². The highest BCUT2D eigenvalue weighted by atomic mass is 35.6. The van der Waals surface area contributed by atoms with Crippen LogP contribution in [-0.4, -0.2) is 19.3 Å². The van der Waals surface area contributed by atoms with Crippen LogP contribution in [0.1, 0.15) is 0 Å². The van der Waals surface area contributed by atoms with Crippen molar-refractivity contribution in [3.63, 3.8) is 0 Å². The van der Waals surface area contributed by atoms with Crippen LogP contribution in [0.4, 0.5) is 0 Å². The molecule has 0 aliphatic rings. The Morgan fingerprint density at radius 2 is 1.38 bits per heavy atom. The third-order valence-electron chi connectivity index (χ3n) is 0.761. The highest BCUT2D eigenvalue weighted by molar-refractivity contribution is 6.79. The monoisotopic (exact) mass is 302 g/mol. The number of hydrogen-bond donors (Lipinski definition) is 1. The van der Waals surface area contributed by atoms with Gasteiger partial charge < -0.3 is 16.1 Å². The molecule has 0 unspecified atom stereocenters. The van der Waals surface area contributed by atoms with Crippen molar-refractivity contribution < 1.29 is 0 Å². The first kappa shape index (κ1) is 13.9. The van der Waals surface area contributed by atoms with E-state index in [0.717, 1.165) is 0 Å². The van der Waals surface area contributed by atoms with Gasteiger partial charge in [0.2, 0.25) is 7.59 Å². The normalized spacial score (nSPS) is 14.5. The standard InChI is InChI=1S/C4H2Cl6N3/c5-3(6,7)1(11)13-2(12)4(8,9)10/h(H2-,11,12,13)/q-1. The largest absolute Gasteiger partial charge is 0.482 e. The van der Waals surface area contributed by atoms with Gasteiger partial charge in [-0.15, -0.1) is 0 Å². The molecule has 0 spiro atoms. The molecule has 0 saturated heterocycles. The number of nitrogens with one attached hydrogen (secondary N) is 2. The van der Waals surface area contributed by atoms with Gasteiger partial charge in [-0.05, 0) is 5.84 Å². The van der Waals surface area contributed by atoms with E-state index in [1.54, 1.807) is 0 Å². The number of nitrogens with zero attached hydrogens (tertiary/aromatic N) is 1. The van der Waals surface area contributed by atoms with E-state index in [1.807, 2.05) is 0 Å². The molecular weight excluding hydrogens is 303 g/mol.